The van der Waals surface area contributed by atoms with E-state index in [1.807, 2.05) is 37.6 Å². The number of benzene rings is 1. The number of piperazine rings is 1. The Morgan fingerprint density at radius 1 is 1.23 bits per heavy atom. The van der Waals surface area contributed by atoms with Crippen molar-refractivity contribution in [2.24, 2.45) is 12.0 Å². The van der Waals surface area contributed by atoms with Gasteiger partial charge in [-0.1, -0.05) is 23.7 Å². The third kappa shape index (κ3) is 5.26. The van der Waals surface area contributed by atoms with Gasteiger partial charge >= 0.3 is 0 Å². The predicted octanol–water partition coefficient (Wildman–Crippen LogP) is 2.98. The number of aromatic nitrogens is 2. The Morgan fingerprint density at radius 3 is 2.58 bits per heavy atom. The number of aliphatic imine (C=N–C) groups is 1. The molecule has 0 radical (unpaired) electrons. The Bertz CT molecular complexity index is 724. The van der Waals surface area contributed by atoms with Crippen LogP contribution in [0.2, 0.25) is 5.02 Å². The highest BCUT2D eigenvalue weighted by atomic mass is 127. The molecule has 0 bridgehead atoms. The lowest BCUT2D eigenvalue weighted by Crippen LogP contribution is -2.52. The fourth-order valence-corrected chi connectivity index (χ4v) is 3.27. The van der Waals surface area contributed by atoms with E-state index in [2.05, 4.69) is 33.2 Å². The van der Waals surface area contributed by atoms with Gasteiger partial charge < -0.3 is 15.1 Å². The summed E-state index contributed by atoms with van der Waals surface area (Å²) in [6.07, 6.45) is 3.87. The topological polar surface area (TPSA) is 48.7 Å². The largest absolute Gasteiger partial charge is 0.367 e. The molecule has 1 aliphatic rings. The first kappa shape index (κ1) is 20.8. The minimum atomic E-state index is 0. The van der Waals surface area contributed by atoms with Gasteiger partial charge in [0.15, 0.2) is 5.96 Å². The number of hydrogen-bond donors (Lipinski definition) is 1. The molecule has 0 aliphatic carbocycles. The zero-order valence-corrected chi connectivity index (χ0v) is 18.3. The minimum Gasteiger partial charge on any atom is -0.367 e. The van der Waals surface area contributed by atoms with Gasteiger partial charge in [-0.25, -0.2) is 4.99 Å². The molecule has 0 saturated carbocycles. The van der Waals surface area contributed by atoms with E-state index in [0.717, 1.165) is 55.0 Å². The SMILES string of the molecule is CCNC(=NCc1cnn(C)c1)N1CCN(c2ccccc2Cl)CC1.I. The van der Waals surface area contributed by atoms with Gasteiger partial charge in [-0.15, -0.1) is 24.0 Å². The highest BCUT2D eigenvalue weighted by Crippen LogP contribution is 2.26. The van der Waals surface area contributed by atoms with Crippen LogP contribution in [0.3, 0.4) is 0 Å². The molecule has 3 rings (SSSR count). The summed E-state index contributed by atoms with van der Waals surface area (Å²) in [7, 11) is 1.92. The second-order valence-corrected chi connectivity index (χ2v) is 6.53. The van der Waals surface area contributed by atoms with Crippen LogP contribution in [0.15, 0.2) is 41.7 Å². The predicted molar refractivity (Wildman–Crippen MR) is 119 cm³/mol. The van der Waals surface area contributed by atoms with Crippen LogP contribution in [0.25, 0.3) is 0 Å². The summed E-state index contributed by atoms with van der Waals surface area (Å²) < 4.78 is 1.81. The standard InChI is InChI=1S/C18H25ClN6.HI/c1-3-20-18(21-12-15-13-22-23(2)14-15)25-10-8-24(9-11-25)17-7-5-4-6-16(17)19;/h4-7,13-14H,3,8-12H2,1-2H3,(H,20,21);1H. The number of nitrogens with zero attached hydrogens (tertiary/aromatic N) is 5. The molecule has 0 unspecified atom stereocenters. The fourth-order valence-electron chi connectivity index (χ4n) is 3.01. The molecule has 1 fully saturated rings. The smallest absolute Gasteiger partial charge is 0.194 e. The van der Waals surface area contributed by atoms with Crippen molar-refractivity contribution >= 4 is 47.2 Å². The maximum atomic E-state index is 6.33. The van der Waals surface area contributed by atoms with Crippen LogP contribution in [0.1, 0.15) is 12.5 Å². The number of anilines is 1. The molecule has 0 atom stereocenters. The Labute approximate surface area is 177 Å². The summed E-state index contributed by atoms with van der Waals surface area (Å²) in [4.78, 5) is 9.42. The summed E-state index contributed by atoms with van der Waals surface area (Å²) in [5, 5.41) is 8.41. The molecular formula is C18H26ClIN6. The third-order valence-electron chi connectivity index (χ3n) is 4.28. The van der Waals surface area contributed by atoms with Crippen molar-refractivity contribution in [1.29, 1.82) is 0 Å². The molecule has 26 heavy (non-hydrogen) atoms. The normalized spacial score (nSPS) is 15.0. The number of halogens is 2. The molecule has 2 aromatic rings. The lowest BCUT2D eigenvalue weighted by Gasteiger charge is -2.38. The first-order valence-corrected chi connectivity index (χ1v) is 9.05. The van der Waals surface area contributed by atoms with Crippen LogP contribution in [0, 0.1) is 0 Å². The number of aryl methyl sites for hydroxylation is 1. The third-order valence-corrected chi connectivity index (χ3v) is 4.60. The van der Waals surface area contributed by atoms with Crippen molar-refractivity contribution in [1.82, 2.24) is 20.0 Å². The molecule has 0 amide bonds. The molecule has 8 heteroatoms. The van der Waals surface area contributed by atoms with E-state index >= 15 is 0 Å². The van der Waals surface area contributed by atoms with E-state index in [0.29, 0.717) is 6.54 Å². The quantitative estimate of drug-likeness (QED) is 0.408. The van der Waals surface area contributed by atoms with Crippen LogP contribution in [0.4, 0.5) is 5.69 Å². The van der Waals surface area contributed by atoms with E-state index < -0.39 is 0 Å². The average molecular weight is 489 g/mol. The zero-order valence-electron chi connectivity index (χ0n) is 15.2. The van der Waals surface area contributed by atoms with Gasteiger partial charge in [-0.2, -0.15) is 5.10 Å². The average Bonchev–Trinajstić information content (AvgIpc) is 3.05. The highest BCUT2D eigenvalue weighted by Gasteiger charge is 2.21. The van der Waals surface area contributed by atoms with E-state index in [1.165, 1.54) is 0 Å². The van der Waals surface area contributed by atoms with E-state index in [9.17, 15) is 0 Å². The number of guanidine groups is 1. The first-order valence-electron chi connectivity index (χ1n) is 8.67. The van der Waals surface area contributed by atoms with Gasteiger partial charge in [0.25, 0.3) is 0 Å². The van der Waals surface area contributed by atoms with Gasteiger partial charge in [0, 0.05) is 51.5 Å². The number of hydrogen-bond acceptors (Lipinski definition) is 3. The Morgan fingerprint density at radius 2 is 1.96 bits per heavy atom. The molecule has 2 heterocycles. The molecule has 0 spiro atoms. The highest BCUT2D eigenvalue weighted by molar-refractivity contribution is 14.0. The lowest BCUT2D eigenvalue weighted by atomic mass is 10.2. The summed E-state index contributed by atoms with van der Waals surface area (Å²) >= 11 is 6.33. The second-order valence-electron chi connectivity index (χ2n) is 6.12. The lowest BCUT2D eigenvalue weighted by molar-refractivity contribution is 0.372. The Hall–Kier alpha value is -1.48. The van der Waals surface area contributed by atoms with E-state index in [4.69, 9.17) is 16.6 Å². The van der Waals surface area contributed by atoms with E-state index in [1.54, 1.807) is 4.68 Å². The molecule has 1 aliphatic heterocycles. The van der Waals surface area contributed by atoms with Crippen molar-refractivity contribution < 1.29 is 0 Å². The molecule has 1 aromatic heterocycles. The minimum absolute atomic E-state index is 0. The number of para-hydroxylation sites is 1. The number of nitrogens with one attached hydrogen (secondary N) is 1. The van der Waals surface area contributed by atoms with Crippen molar-refractivity contribution in [2.75, 3.05) is 37.6 Å². The Balaban J connectivity index is 0.00000243. The zero-order chi connectivity index (χ0) is 17.6. The maximum Gasteiger partial charge on any atom is 0.194 e. The monoisotopic (exact) mass is 488 g/mol. The van der Waals surface area contributed by atoms with Gasteiger partial charge in [-0.3, -0.25) is 4.68 Å². The second kappa shape index (κ2) is 10.0. The van der Waals surface area contributed by atoms with Gasteiger partial charge in [0.05, 0.1) is 23.5 Å². The maximum absolute atomic E-state index is 6.33. The molecule has 1 saturated heterocycles. The van der Waals surface area contributed by atoms with Crippen molar-refractivity contribution in [3.05, 3.63) is 47.2 Å². The van der Waals surface area contributed by atoms with Crippen LogP contribution >= 0.6 is 35.6 Å². The van der Waals surface area contributed by atoms with Crippen molar-refractivity contribution in [3.63, 3.8) is 0 Å². The van der Waals surface area contributed by atoms with E-state index in [-0.39, 0.29) is 24.0 Å². The summed E-state index contributed by atoms with van der Waals surface area (Å²) in [5.41, 5.74) is 2.23. The number of rotatable bonds is 4. The molecule has 1 N–H and O–H groups in total. The molecule has 6 nitrogen and oxygen atoms in total. The Kier molecular flexibility index (Phi) is 8.02. The summed E-state index contributed by atoms with van der Waals surface area (Å²) in [5.74, 6) is 0.963. The van der Waals surface area contributed by atoms with Crippen LogP contribution in [-0.4, -0.2) is 53.4 Å². The van der Waals surface area contributed by atoms with Crippen molar-refractivity contribution in [2.45, 2.75) is 13.5 Å². The molecule has 142 valence electrons. The van der Waals surface area contributed by atoms with Crippen LogP contribution < -0.4 is 10.2 Å². The molecule has 1 aromatic carbocycles. The first-order chi connectivity index (χ1) is 12.2. The van der Waals surface area contributed by atoms with Gasteiger partial charge in [0.1, 0.15) is 0 Å². The van der Waals surface area contributed by atoms with Crippen LogP contribution in [-0.2, 0) is 13.6 Å². The van der Waals surface area contributed by atoms with Gasteiger partial charge in [-0.05, 0) is 19.1 Å². The van der Waals surface area contributed by atoms with Crippen molar-refractivity contribution in [3.8, 4) is 0 Å². The summed E-state index contributed by atoms with van der Waals surface area (Å²) in [6, 6.07) is 8.03. The molecular weight excluding hydrogens is 463 g/mol. The summed E-state index contributed by atoms with van der Waals surface area (Å²) in [6.45, 7) is 7.30. The van der Waals surface area contributed by atoms with Gasteiger partial charge in [0.2, 0.25) is 0 Å². The van der Waals surface area contributed by atoms with Crippen LogP contribution in [0.5, 0.6) is 0 Å². The fraction of sp³-hybridized carbons (Fsp3) is 0.444.